The Morgan fingerprint density at radius 3 is 1.97 bits per heavy atom. The monoisotopic (exact) mass is 509 g/mol. The average Bonchev–Trinajstić information content (AvgIpc) is 3.45. The van der Waals surface area contributed by atoms with E-state index in [4.69, 9.17) is 4.74 Å². The van der Waals surface area contributed by atoms with Crippen LogP contribution in [0.3, 0.4) is 0 Å². The first-order chi connectivity index (χ1) is 18.5. The number of aryl methyl sites for hydroxylation is 1. The summed E-state index contributed by atoms with van der Waals surface area (Å²) in [4.78, 5) is 53.0. The van der Waals surface area contributed by atoms with Gasteiger partial charge in [-0.05, 0) is 43.0 Å². The third-order valence-electron chi connectivity index (χ3n) is 6.68. The van der Waals surface area contributed by atoms with Crippen LogP contribution in [0.2, 0.25) is 0 Å². The van der Waals surface area contributed by atoms with Crippen LogP contribution >= 0.6 is 0 Å². The maximum Gasteiger partial charge on any atom is 0.356 e. The van der Waals surface area contributed by atoms with E-state index in [-0.39, 0.29) is 11.1 Å². The first-order valence-corrected chi connectivity index (χ1v) is 12.5. The van der Waals surface area contributed by atoms with Gasteiger partial charge in [0.15, 0.2) is 6.10 Å². The van der Waals surface area contributed by atoms with E-state index in [1.165, 1.54) is 17.8 Å². The van der Waals surface area contributed by atoms with Gasteiger partial charge in [0.25, 0.3) is 11.5 Å². The van der Waals surface area contributed by atoms with E-state index in [0.717, 1.165) is 11.1 Å². The number of carbonyl (C=O) groups excluding carboxylic acids is 2. The van der Waals surface area contributed by atoms with Crippen LogP contribution in [0.25, 0.3) is 0 Å². The average molecular weight is 510 g/mol. The van der Waals surface area contributed by atoms with E-state index >= 15 is 0 Å². The summed E-state index contributed by atoms with van der Waals surface area (Å²) in [5.41, 5.74) is 0.566. The standard InChI is InChI=1S/C30H27N3O5/c1-21-20-32(30(37)33(27(21)34)28(35)24-16-9-4-10-17-24)31-19-11-18-25(31)29(36)38-26(22-12-5-2-6-13-22)23-14-7-3-8-15-23/h2-10,12-17,20,25-26H,11,18-19H2,1H3/t25-/m1/s1. The highest BCUT2D eigenvalue weighted by molar-refractivity contribution is 5.95. The van der Waals surface area contributed by atoms with E-state index in [0.29, 0.717) is 24.0 Å². The minimum atomic E-state index is -0.822. The van der Waals surface area contributed by atoms with Gasteiger partial charge < -0.3 is 4.74 Å². The lowest BCUT2D eigenvalue weighted by atomic mass is 10.0. The Bertz CT molecular complexity index is 1520. The third-order valence-corrected chi connectivity index (χ3v) is 6.68. The highest BCUT2D eigenvalue weighted by Crippen LogP contribution is 2.28. The van der Waals surface area contributed by atoms with Crippen molar-refractivity contribution in [3.63, 3.8) is 0 Å². The molecule has 1 aromatic heterocycles. The zero-order chi connectivity index (χ0) is 26.6. The van der Waals surface area contributed by atoms with Crippen LogP contribution in [-0.2, 0) is 9.53 Å². The summed E-state index contributed by atoms with van der Waals surface area (Å²) in [7, 11) is 0. The van der Waals surface area contributed by atoms with Gasteiger partial charge in [-0.15, -0.1) is 0 Å². The molecule has 1 aliphatic heterocycles. The van der Waals surface area contributed by atoms with Crippen molar-refractivity contribution in [2.24, 2.45) is 0 Å². The van der Waals surface area contributed by atoms with Crippen LogP contribution in [0.4, 0.5) is 0 Å². The molecule has 0 aliphatic carbocycles. The fourth-order valence-corrected chi connectivity index (χ4v) is 4.76. The molecule has 1 atom stereocenters. The molecule has 1 saturated heterocycles. The molecule has 0 spiro atoms. The summed E-state index contributed by atoms with van der Waals surface area (Å²) in [6, 6.07) is 26.3. The Morgan fingerprint density at radius 1 is 0.842 bits per heavy atom. The molecule has 0 bridgehead atoms. The normalized spacial score (nSPS) is 15.0. The summed E-state index contributed by atoms with van der Waals surface area (Å²) in [5.74, 6) is -1.21. The molecule has 0 unspecified atom stereocenters. The van der Waals surface area contributed by atoms with Crippen molar-refractivity contribution in [3.8, 4) is 0 Å². The van der Waals surface area contributed by atoms with Crippen molar-refractivity contribution in [1.82, 2.24) is 9.24 Å². The summed E-state index contributed by atoms with van der Waals surface area (Å²) in [6.07, 6.45) is 1.86. The maximum atomic E-state index is 13.6. The minimum absolute atomic E-state index is 0.208. The summed E-state index contributed by atoms with van der Waals surface area (Å²) >= 11 is 0. The van der Waals surface area contributed by atoms with E-state index < -0.39 is 35.3 Å². The molecule has 0 saturated carbocycles. The molecule has 0 amide bonds. The van der Waals surface area contributed by atoms with Gasteiger partial charge in [-0.25, -0.2) is 14.3 Å². The van der Waals surface area contributed by atoms with Gasteiger partial charge in [-0.2, -0.15) is 4.57 Å². The smallest absolute Gasteiger partial charge is 0.356 e. The van der Waals surface area contributed by atoms with E-state index in [1.807, 2.05) is 60.7 Å². The quantitative estimate of drug-likeness (QED) is 0.370. The molecule has 8 nitrogen and oxygen atoms in total. The number of hydrogen-bond donors (Lipinski definition) is 0. The third kappa shape index (κ3) is 4.80. The zero-order valence-corrected chi connectivity index (χ0v) is 20.9. The van der Waals surface area contributed by atoms with E-state index in [2.05, 4.69) is 0 Å². The molecule has 1 fully saturated rings. The van der Waals surface area contributed by atoms with Crippen molar-refractivity contribution in [2.75, 3.05) is 11.6 Å². The van der Waals surface area contributed by atoms with Crippen LogP contribution in [-0.4, -0.2) is 33.7 Å². The van der Waals surface area contributed by atoms with Gasteiger partial charge in [0, 0.05) is 23.9 Å². The number of rotatable bonds is 6. The number of nitrogens with zero attached hydrogens (tertiary/aromatic N) is 3. The molecule has 38 heavy (non-hydrogen) atoms. The number of aromatic nitrogens is 2. The first kappa shape index (κ1) is 25.0. The fraction of sp³-hybridized carbons (Fsp3) is 0.200. The van der Waals surface area contributed by atoms with Gasteiger partial charge in [0.1, 0.15) is 6.04 Å². The molecule has 192 valence electrons. The maximum absolute atomic E-state index is 13.6. The molecule has 5 rings (SSSR count). The van der Waals surface area contributed by atoms with Gasteiger partial charge in [0.05, 0.1) is 0 Å². The highest BCUT2D eigenvalue weighted by atomic mass is 16.5. The van der Waals surface area contributed by atoms with Gasteiger partial charge in [0.2, 0.25) is 0 Å². The summed E-state index contributed by atoms with van der Waals surface area (Å²) in [6.45, 7) is 1.93. The topological polar surface area (TPSA) is 90.6 Å². The molecular formula is C30H27N3O5. The molecule has 0 radical (unpaired) electrons. The highest BCUT2D eigenvalue weighted by Gasteiger charge is 2.36. The second-order valence-electron chi connectivity index (χ2n) is 9.21. The van der Waals surface area contributed by atoms with Crippen molar-refractivity contribution in [3.05, 3.63) is 140 Å². The van der Waals surface area contributed by atoms with Crippen LogP contribution in [0, 0.1) is 6.92 Å². The molecular weight excluding hydrogens is 482 g/mol. The minimum Gasteiger partial charge on any atom is -0.451 e. The fourth-order valence-electron chi connectivity index (χ4n) is 4.76. The Morgan fingerprint density at radius 2 is 1.39 bits per heavy atom. The largest absolute Gasteiger partial charge is 0.451 e. The molecule has 2 heterocycles. The van der Waals surface area contributed by atoms with Gasteiger partial charge >= 0.3 is 11.7 Å². The number of ether oxygens (including phenoxy) is 1. The van der Waals surface area contributed by atoms with Crippen molar-refractivity contribution >= 4 is 11.9 Å². The number of carbonyl (C=O) groups is 2. The Hall–Kier alpha value is -4.72. The number of hydrogen-bond acceptors (Lipinski definition) is 6. The second-order valence-corrected chi connectivity index (χ2v) is 9.21. The van der Waals surface area contributed by atoms with Crippen LogP contribution in [0.15, 0.2) is 107 Å². The number of benzene rings is 3. The Labute approximate surface area is 219 Å². The Balaban J connectivity index is 1.49. The van der Waals surface area contributed by atoms with E-state index in [9.17, 15) is 19.2 Å². The molecule has 4 aromatic rings. The van der Waals surface area contributed by atoms with Crippen molar-refractivity contribution in [2.45, 2.75) is 31.9 Å². The predicted octanol–water partition coefficient (Wildman–Crippen LogP) is 3.44. The molecule has 1 aliphatic rings. The summed E-state index contributed by atoms with van der Waals surface area (Å²) in [5, 5.41) is 1.58. The first-order valence-electron chi connectivity index (χ1n) is 12.5. The Kier molecular flexibility index (Phi) is 7.04. The predicted molar refractivity (Wildman–Crippen MR) is 143 cm³/mol. The molecule has 3 aromatic carbocycles. The van der Waals surface area contributed by atoms with Gasteiger partial charge in [-0.1, -0.05) is 78.9 Å². The van der Waals surface area contributed by atoms with Crippen LogP contribution in [0.1, 0.15) is 46.0 Å². The summed E-state index contributed by atoms with van der Waals surface area (Å²) < 4.78 is 7.90. The zero-order valence-electron chi connectivity index (χ0n) is 20.9. The van der Waals surface area contributed by atoms with E-state index in [1.54, 1.807) is 35.3 Å². The molecule has 8 heteroatoms. The van der Waals surface area contributed by atoms with Crippen LogP contribution < -0.4 is 16.3 Å². The molecule has 0 N–H and O–H groups in total. The SMILES string of the molecule is Cc1cn(N2CCC[C@@H]2C(=O)OC(c2ccccc2)c2ccccc2)c(=O)n(C(=O)c2ccccc2)c1=O. The lowest BCUT2D eigenvalue weighted by Gasteiger charge is -2.29. The lowest BCUT2D eigenvalue weighted by Crippen LogP contribution is -2.54. The van der Waals surface area contributed by atoms with Crippen molar-refractivity contribution in [1.29, 1.82) is 0 Å². The van der Waals surface area contributed by atoms with Gasteiger partial charge in [-0.3, -0.25) is 14.6 Å². The van der Waals surface area contributed by atoms with Crippen molar-refractivity contribution < 1.29 is 14.3 Å². The number of esters is 1. The second kappa shape index (κ2) is 10.7. The lowest BCUT2D eigenvalue weighted by molar-refractivity contribution is -0.149. The van der Waals surface area contributed by atoms with Crippen LogP contribution in [0.5, 0.6) is 0 Å².